The first kappa shape index (κ1) is 17.6. The molecule has 0 saturated carbocycles. The zero-order valence-electron chi connectivity index (χ0n) is 11.1. The highest BCUT2D eigenvalue weighted by molar-refractivity contribution is 5.92. The maximum atomic E-state index is 13.5. The third-order valence-corrected chi connectivity index (χ3v) is 3.13. The van der Waals surface area contributed by atoms with Crippen LogP contribution < -0.4 is 15.4 Å². The number of ether oxygens (including phenoxy) is 1. The number of piperidine rings is 1. The molecule has 2 rings (SSSR count). The molecule has 0 radical (unpaired) electrons. The molecule has 0 aliphatic carbocycles. The molecule has 1 aromatic rings. The van der Waals surface area contributed by atoms with Crippen molar-refractivity contribution >= 4 is 24.0 Å². The lowest BCUT2D eigenvalue weighted by Crippen LogP contribution is -2.34. The smallest absolute Gasteiger partial charge is 0.387 e. The summed E-state index contributed by atoms with van der Waals surface area (Å²) >= 11 is 0. The Labute approximate surface area is 126 Å². The predicted molar refractivity (Wildman–Crippen MR) is 74.5 cm³/mol. The minimum absolute atomic E-state index is 0. The lowest BCUT2D eigenvalue weighted by atomic mass is 9.97. The normalized spacial score (nSPS) is 15.4. The van der Waals surface area contributed by atoms with Crippen molar-refractivity contribution < 1.29 is 22.7 Å². The van der Waals surface area contributed by atoms with Gasteiger partial charge in [0.2, 0.25) is 5.91 Å². The molecule has 1 fully saturated rings. The predicted octanol–water partition coefficient (Wildman–Crippen LogP) is 2.79. The summed E-state index contributed by atoms with van der Waals surface area (Å²) in [5.41, 5.74) is 0.229. The van der Waals surface area contributed by atoms with Crippen molar-refractivity contribution in [3.63, 3.8) is 0 Å². The van der Waals surface area contributed by atoms with Gasteiger partial charge in [0.05, 0.1) is 0 Å². The molecule has 0 atom stereocenters. The number of benzene rings is 1. The van der Waals surface area contributed by atoms with Gasteiger partial charge in [0, 0.05) is 17.7 Å². The molecule has 118 valence electrons. The van der Waals surface area contributed by atoms with Crippen LogP contribution in [-0.2, 0) is 4.79 Å². The fourth-order valence-electron chi connectivity index (χ4n) is 2.10. The van der Waals surface area contributed by atoms with Crippen LogP contribution in [0.3, 0.4) is 0 Å². The molecular weight excluding hydrogens is 309 g/mol. The molecule has 1 saturated heterocycles. The van der Waals surface area contributed by atoms with Crippen LogP contribution in [0.2, 0.25) is 0 Å². The maximum absolute atomic E-state index is 13.5. The molecule has 21 heavy (non-hydrogen) atoms. The number of rotatable bonds is 4. The lowest BCUT2D eigenvalue weighted by molar-refractivity contribution is -0.120. The molecule has 8 heteroatoms. The van der Waals surface area contributed by atoms with E-state index in [4.69, 9.17) is 0 Å². The van der Waals surface area contributed by atoms with Crippen molar-refractivity contribution in [2.45, 2.75) is 19.5 Å². The van der Waals surface area contributed by atoms with Gasteiger partial charge in [-0.1, -0.05) is 0 Å². The SMILES string of the molecule is Cl.O=C(Nc1ccc(OC(F)F)c(F)c1)C1CCNCC1. The molecule has 2 N–H and O–H groups in total. The number of amides is 1. The summed E-state index contributed by atoms with van der Waals surface area (Å²) < 4.78 is 41.5. The number of anilines is 1. The van der Waals surface area contributed by atoms with Crippen LogP contribution in [0.4, 0.5) is 18.9 Å². The van der Waals surface area contributed by atoms with Crippen molar-refractivity contribution in [2.75, 3.05) is 18.4 Å². The van der Waals surface area contributed by atoms with Crippen LogP contribution in [0, 0.1) is 11.7 Å². The topological polar surface area (TPSA) is 50.4 Å². The largest absolute Gasteiger partial charge is 0.432 e. The highest BCUT2D eigenvalue weighted by Gasteiger charge is 2.21. The average Bonchev–Trinajstić information content (AvgIpc) is 2.42. The Morgan fingerprint density at radius 1 is 1.33 bits per heavy atom. The maximum Gasteiger partial charge on any atom is 0.387 e. The zero-order chi connectivity index (χ0) is 14.5. The Kier molecular flexibility index (Phi) is 6.77. The van der Waals surface area contributed by atoms with Crippen LogP contribution in [-0.4, -0.2) is 25.6 Å². The molecule has 0 unspecified atom stereocenters. The molecule has 1 amide bonds. The van der Waals surface area contributed by atoms with Crippen molar-refractivity contribution in [1.29, 1.82) is 0 Å². The lowest BCUT2D eigenvalue weighted by Gasteiger charge is -2.21. The second-order valence-corrected chi connectivity index (χ2v) is 4.54. The first-order valence-corrected chi connectivity index (χ1v) is 6.32. The van der Waals surface area contributed by atoms with E-state index in [1.807, 2.05) is 0 Å². The van der Waals surface area contributed by atoms with Gasteiger partial charge in [-0.05, 0) is 38.1 Å². The van der Waals surface area contributed by atoms with E-state index in [-0.39, 0.29) is 29.9 Å². The molecular formula is C13H16ClF3N2O2. The number of halogens is 4. The molecule has 0 spiro atoms. The summed E-state index contributed by atoms with van der Waals surface area (Å²) in [6, 6.07) is 3.37. The molecule has 1 heterocycles. The molecule has 1 aromatic carbocycles. The number of carbonyl (C=O) groups is 1. The van der Waals surface area contributed by atoms with Gasteiger partial charge in [0.25, 0.3) is 0 Å². The number of alkyl halides is 2. The van der Waals surface area contributed by atoms with Gasteiger partial charge >= 0.3 is 6.61 Å². The van der Waals surface area contributed by atoms with Gasteiger partial charge in [-0.2, -0.15) is 8.78 Å². The first-order valence-electron chi connectivity index (χ1n) is 6.32. The van der Waals surface area contributed by atoms with Gasteiger partial charge in [0.15, 0.2) is 11.6 Å². The van der Waals surface area contributed by atoms with Crippen LogP contribution in [0.5, 0.6) is 5.75 Å². The monoisotopic (exact) mass is 324 g/mol. The van der Waals surface area contributed by atoms with Crippen molar-refractivity contribution in [3.05, 3.63) is 24.0 Å². The van der Waals surface area contributed by atoms with E-state index in [0.29, 0.717) is 0 Å². The molecule has 1 aliphatic rings. The second-order valence-electron chi connectivity index (χ2n) is 4.54. The van der Waals surface area contributed by atoms with E-state index in [2.05, 4.69) is 15.4 Å². The Hall–Kier alpha value is -1.47. The molecule has 1 aliphatic heterocycles. The minimum atomic E-state index is -3.08. The van der Waals surface area contributed by atoms with E-state index < -0.39 is 18.2 Å². The average molecular weight is 325 g/mol. The fourth-order valence-corrected chi connectivity index (χ4v) is 2.10. The highest BCUT2D eigenvalue weighted by atomic mass is 35.5. The molecule has 0 aromatic heterocycles. The van der Waals surface area contributed by atoms with Crippen molar-refractivity contribution in [2.24, 2.45) is 5.92 Å². The Morgan fingerprint density at radius 3 is 2.57 bits per heavy atom. The second kappa shape index (κ2) is 8.09. The Balaban J connectivity index is 0.00000220. The number of hydrogen-bond acceptors (Lipinski definition) is 3. The van der Waals surface area contributed by atoms with Gasteiger partial charge in [-0.3, -0.25) is 4.79 Å². The number of hydrogen-bond donors (Lipinski definition) is 2. The van der Waals surface area contributed by atoms with E-state index in [0.717, 1.165) is 38.1 Å². The first-order chi connectivity index (χ1) is 9.56. The Morgan fingerprint density at radius 2 is 2.00 bits per heavy atom. The summed E-state index contributed by atoms with van der Waals surface area (Å²) in [6.07, 6.45) is 1.45. The van der Waals surface area contributed by atoms with Crippen LogP contribution in [0.25, 0.3) is 0 Å². The van der Waals surface area contributed by atoms with Crippen molar-refractivity contribution in [1.82, 2.24) is 5.32 Å². The van der Waals surface area contributed by atoms with Gasteiger partial charge in [0.1, 0.15) is 0 Å². The van der Waals surface area contributed by atoms with E-state index in [9.17, 15) is 18.0 Å². The van der Waals surface area contributed by atoms with Gasteiger partial charge < -0.3 is 15.4 Å². The molecule has 0 bridgehead atoms. The van der Waals surface area contributed by atoms with Crippen LogP contribution in [0.1, 0.15) is 12.8 Å². The number of nitrogens with one attached hydrogen (secondary N) is 2. The summed E-state index contributed by atoms with van der Waals surface area (Å²) in [5.74, 6) is -1.78. The summed E-state index contributed by atoms with van der Waals surface area (Å²) in [7, 11) is 0. The Bertz CT molecular complexity index is 482. The third-order valence-electron chi connectivity index (χ3n) is 3.13. The minimum Gasteiger partial charge on any atom is -0.432 e. The fraction of sp³-hybridized carbons (Fsp3) is 0.462. The van der Waals surface area contributed by atoms with Gasteiger partial charge in [-0.25, -0.2) is 4.39 Å². The van der Waals surface area contributed by atoms with Gasteiger partial charge in [-0.15, -0.1) is 12.4 Å². The van der Waals surface area contributed by atoms with E-state index in [1.54, 1.807) is 0 Å². The molecule has 4 nitrogen and oxygen atoms in total. The summed E-state index contributed by atoms with van der Waals surface area (Å²) in [4.78, 5) is 11.9. The summed E-state index contributed by atoms with van der Waals surface area (Å²) in [5, 5.41) is 5.72. The quantitative estimate of drug-likeness (QED) is 0.895. The number of carbonyl (C=O) groups excluding carboxylic acids is 1. The van der Waals surface area contributed by atoms with Crippen LogP contribution >= 0.6 is 12.4 Å². The summed E-state index contributed by atoms with van der Waals surface area (Å²) in [6.45, 7) is -1.54. The highest BCUT2D eigenvalue weighted by Crippen LogP contribution is 2.23. The van der Waals surface area contributed by atoms with Crippen LogP contribution in [0.15, 0.2) is 18.2 Å². The third kappa shape index (κ3) is 5.09. The standard InChI is InChI=1S/C13H15F3N2O2.ClH/c14-10-7-9(1-2-11(10)20-13(15)16)18-12(19)8-3-5-17-6-4-8;/h1-2,7-8,13,17H,3-6H2,(H,18,19);1H. The van der Waals surface area contributed by atoms with E-state index in [1.165, 1.54) is 6.07 Å². The van der Waals surface area contributed by atoms with Crippen molar-refractivity contribution in [3.8, 4) is 5.75 Å². The van der Waals surface area contributed by atoms with E-state index >= 15 is 0 Å². The zero-order valence-corrected chi connectivity index (χ0v) is 11.9.